The molecule has 1 saturated heterocycles. The maximum absolute atomic E-state index is 12.6. The molecule has 1 N–H and O–H groups in total. The Morgan fingerprint density at radius 1 is 1.09 bits per heavy atom. The van der Waals surface area contributed by atoms with Gasteiger partial charge in [-0.3, -0.25) is 0 Å². The van der Waals surface area contributed by atoms with Crippen molar-refractivity contribution in [2.24, 2.45) is 0 Å². The number of carboxylic acid groups (broad SMARTS) is 1. The number of para-hydroxylation sites is 1. The van der Waals surface area contributed by atoms with Crippen LogP contribution < -0.4 is 0 Å². The van der Waals surface area contributed by atoms with Crippen LogP contribution in [0.3, 0.4) is 0 Å². The number of hydrogen-bond acceptors (Lipinski definition) is 5. The first-order valence-corrected chi connectivity index (χ1v) is 11.5. The van der Waals surface area contributed by atoms with Crippen LogP contribution in [0.15, 0.2) is 54.6 Å². The largest absolute Gasteiger partial charge is 0.478 e. The number of aromatic carboxylic acids is 1. The second-order valence-corrected chi connectivity index (χ2v) is 9.49. The summed E-state index contributed by atoms with van der Waals surface area (Å²) in [5.74, 6) is -1.02. The fraction of sp³-hybridized carbons (Fsp3) is 0.370. The smallest absolute Gasteiger partial charge is 0.410 e. The number of fused-ring (bicyclic) bond motifs is 1. The molecule has 1 aromatic heterocycles. The molecule has 1 aliphatic heterocycles. The number of rotatable bonds is 6. The number of benzene rings is 2. The van der Waals surface area contributed by atoms with Crippen LogP contribution in [0.4, 0.5) is 4.79 Å². The highest BCUT2D eigenvalue weighted by molar-refractivity contribution is 6.05. The number of nitrogens with zero attached hydrogens (tertiary/aromatic N) is 2. The van der Waals surface area contributed by atoms with E-state index in [0.29, 0.717) is 35.3 Å². The Kier molecular flexibility index (Phi) is 6.84. The summed E-state index contributed by atoms with van der Waals surface area (Å²) in [6, 6.07) is 16.6. The molecule has 0 spiro atoms. The van der Waals surface area contributed by atoms with Crippen molar-refractivity contribution in [3.8, 4) is 11.3 Å². The van der Waals surface area contributed by atoms with Crippen molar-refractivity contribution >= 4 is 23.0 Å². The molecule has 2 aromatic carbocycles. The van der Waals surface area contributed by atoms with Crippen LogP contribution in [0.5, 0.6) is 0 Å². The lowest BCUT2D eigenvalue weighted by atomic mass is 9.97. The van der Waals surface area contributed by atoms with Gasteiger partial charge in [0.1, 0.15) is 5.60 Å². The molecule has 1 aliphatic rings. The summed E-state index contributed by atoms with van der Waals surface area (Å²) in [7, 11) is 0. The number of likely N-dealkylation sites (tertiary alicyclic amines) is 1. The molecule has 7 heteroatoms. The van der Waals surface area contributed by atoms with Gasteiger partial charge >= 0.3 is 12.1 Å². The van der Waals surface area contributed by atoms with E-state index in [4.69, 9.17) is 14.5 Å². The number of aromatic nitrogens is 1. The van der Waals surface area contributed by atoms with Crippen LogP contribution in [-0.4, -0.2) is 51.8 Å². The highest BCUT2D eigenvalue weighted by Crippen LogP contribution is 2.31. The summed E-state index contributed by atoms with van der Waals surface area (Å²) in [6.07, 6.45) is 1.34. The van der Waals surface area contributed by atoms with Gasteiger partial charge in [0, 0.05) is 23.1 Å². The third-order valence-corrected chi connectivity index (χ3v) is 5.82. The minimum Gasteiger partial charge on any atom is -0.478 e. The van der Waals surface area contributed by atoms with Gasteiger partial charge in [-0.15, -0.1) is 0 Å². The van der Waals surface area contributed by atoms with Gasteiger partial charge in [-0.05, 0) is 39.7 Å². The predicted octanol–water partition coefficient (Wildman–Crippen LogP) is 5.52. The van der Waals surface area contributed by atoms with Gasteiger partial charge in [0.25, 0.3) is 0 Å². The van der Waals surface area contributed by atoms with Gasteiger partial charge in [0.05, 0.1) is 36.0 Å². The first kappa shape index (κ1) is 23.7. The lowest BCUT2D eigenvalue weighted by molar-refractivity contribution is 0.00881. The van der Waals surface area contributed by atoms with Crippen molar-refractivity contribution in [3.63, 3.8) is 0 Å². The SMILES string of the molecule is CC(C)(C)OC(=O)N1CCCC1COCc1c(-c2ccccc2)nc2ccccc2c1C(=O)O. The minimum absolute atomic E-state index is 0.0718. The van der Waals surface area contributed by atoms with Crippen molar-refractivity contribution in [3.05, 3.63) is 65.7 Å². The van der Waals surface area contributed by atoms with Crippen LogP contribution in [0.1, 0.15) is 49.5 Å². The van der Waals surface area contributed by atoms with Gasteiger partial charge in [0.2, 0.25) is 0 Å². The number of pyridine rings is 1. The van der Waals surface area contributed by atoms with Gasteiger partial charge < -0.3 is 19.5 Å². The van der Waals surface area contributed by atoms with Gasteiger partial charge in [-0.25, -0.2) is 14.6 Å². The summed E-state index contributed by atoms with van der Waals surface area (Å²) in [5.41, 5.74) is 2.19. The average Bonchev–Trinajstić information content (AvgIpc) is 3.26. The molecule has 1 amide bonds. The molecule has 0 aliphatic carbocycles. The standard InChI is InChI=1S/C27H30N2O5/c1-27(2,3)34-26(32)29-15-9-12-19(29)16-33-17-21-23(25(30)31)20-13-7-8-14-22(20)28-24(21)18-10-5-4-6-11-18/h4-8,10-11,13-14,19H,9,12,15-17H2,1-3H3,(H,30,31). The Balaban J connectivity index is 1.62. The lowest BCUT2D eigenvalue weighted by Gasteiger charge is -2.28. The van der Waals surface area contributed by atoms with E-state index in [1.54, 1.807) is 17.0 Å². The van der Waals surface area contributed by atoms with E-state index in [2.05, 4.69) is 0 Å². The second kappa shape index (κ2) is 9.81. The zero-order valence-corrected chi connectivity index (χ0v) is 19.8. The molecule has 1 unspecified atom stereocenters. The molecule has 1 atom stereocenters. The predicted molar refractivity (Wildman–Crippen MR) is 130 cm³/mol. The number of carbonyl (C=O) groups excluding carboxylic acids is 1. The number of hydrogen-bond donors (Lipinski definition) is 1. The Morgan fingerprint density at radius 2 is 1.79 bits per heavy atom. The van der Waals surface area contributed by atoms with Gasteiger partial charge in [-0.2, -0.15) is 0 Å². The molecule has 7 nitrogen and oxygen atoms in total. The fourth-order valence-electron chi connectivity index (χ4n) is 4.34. The monoisotopic (exact) mass is 462 g/mol. The molecule has 4 rings (SSSR count). The van der Waals surface area contributed by atoms with Crippen molar-refractivity contribution in [1.82, 2.24) is 9.88 Å². The second-order valence-electron chi connectivity index (χ2n) is 9.49. The molecule has 0 bridgehead atoms. The molecule has 3 aromatic rings. The number of amides is 1. The number of ether oxygens (including phenoxy) is 2. The Hall–Kier alpha value is -3.45. The van der Waals surface area contributed by atoms with E-state index in [9.17, 15) is 14.7 Å². The minimum atomic E-state index is -1.02. The van der Waals surface area contributed by atoms with Gasteiger partial charge in [0.15, 0.2) is 0 Å². The van der Waals surface area contributed by atoms with E-state index in [1.807, 2.05) is 63.2 Å². The number of carboxylic acids is 1. The first-order valence-electron chi connectivity index (χ1n) is 11.5. The molecular weight excluding hydrogens is 432 g/mol. The summed E-state index contributed by atoms with van der Waals surface area (Å²) in [4.78, 5) is 31.5. The van der Waals surface area contributed by atoms with E-state index in [0.717, 1.165) is 18.4 Å². The molecule has 1 fully saturated rings. The van der Waals surface area contributed by atoms with Crippen LogP contribution in [-0.2, 0) is 16.1 Å². The average molecular weight is 463 g/mol. The number of carbonyl (C=O) groups is 2. The van der Waals surface area contributed by atoms with Crippen molar-refractivity contribution in [2.45, 2.75) is 51.9 Å². The Bertz CT molecular complexity index is 1190. The molecule has 34 heavy (non-hydrogen) atoms. The maximum atomic E-state index is 12.6. The van der Waals surface area contributed by atoms with E-state index >= 15 is 0 Å². The quantitative estimate of drug-likeness (QED) is 0.519. The zero-order valence-electron chi connectivity index (χ0n) is 19.8. The molecule has 178 valence electrons. The van der Waals surface area contributed by atoms with E-state index < -0.39 is 11.6 Å². The lowest BCUT2D eigenvalue weighted by Crippen LogP contribution is -2.41. The van der Waals surface area contributed by atoms with E-state index in [1.165, 1.54) is 0 Å². The van der Waals surface area contributed by atoms with E-state index in [-0.39, 0.29) is 24.3 Å². The highest BCUT2D eigenvalue weighted by Gasteiger charge is 2.32. The van der Waals surface area contributed by atoms with Gasteiger partial charge in [-0.1, -0.05) is 48.5 Å². The summed E-state index contributed by atoms with van der Waals surface area (Å²) >= 11 is 0. The van der Waals surface area contributed by atoms with Crippen molar-refractivity contribution < 1.29 is 24.2 Å². The van der Waals surface area contributed by atoms with Crippen LogP contribution >= 0.6 is 0 Å². The molecule has 0 radical (unpaired) electrons. The highest BCUT2D eigenvalue weighted by atomic mass is 16.6. The first-order chi connectivity index (χ1) is 16.2. The Labute approximate surface area is 199 Å². The zero-order chi connectivity index (χ0) is 24.3. The van der Waals surface area contributed by atoms with Crippen LogP contribution in [0, 0.1) is 0 Å². The fourth-order valence-corrected chi connectivity index (χ4v) is 4.34. The Morgan fingerprint density at radius 3 is 2.50 bits per heavy atom. The summed E-state index contributed by atoms with van der Waals surface area (Å²) in [6.45, 7) is 6.52. The molecule has 2 heterocycles. The summed E-state index contributed by atoms with van der Waals surface area (Å²) in [5, 5.41) is 10.7. The van der Waals surface area contributed by atoms with Crippen molar-refractivity contribution in [1.29, 1.82) is 0 Å². The maximum Gasteiger partial charge on any atom is 0.410 e. The van der Waals surface area contributed by atoms with Crippen LogP contribution in [0.2, 0.25) is 0 Å². The molecular formula is C27H30N2O5. The normalized spacial score (nSPS) is 16.1. The van der Waals surface area contributed by atoms with Crippen molar-refractivity contribution in [2.75, 3.05) is 13.2 Å². The van der Waals surface area contributed by atoms with Crippen LogP contribution in [0.25, 0.3) is 22.2 Å². The molecule has 0 saturated carbocycles. The third kappa shape index (κ3) is 5.20. The topological polar surface area (TPSA) is 89.0 Å². The summed E-state index contributed by atoms with van der Waals surface area (Å²) < 4.78 is 11.6. The third-order valence-electron chi connectivity index (χ3n) is 5.82.